The normalized spacial score (nSPS) is 41.0. The zero-order valence-corrected chi connectivity index (χ0v) is 27.3. The summed E-state index contributed by atoms with van der Waals surface area (Å²) in [7, 11) is -1.76. The molecule has 1 aliphatic heterocycles. The van der Waals surface area contributed by atoms with Crippen molar-refractivity contribution in [3.8, 4) is 0 Å². The van der Waals surface area contributed by atoms with Crippen LogP contribution in [0, 0.1) is 34.5 Å². The van der Waals surface area contributed by atoms with Gasteiger partial charge in [0.1, 0.15) is 5.78 Å². The number of rotatable bonds is 8. The lowest BCUT2D eigenvalue weighted by molar-refractivity contribution is -0.162. The maximum absolute atomic E-state index is 13.5. The Morgan fingerprint density at radius 1 is 1.03 bits per heavy atom. The second kappa shape index (κ2) is 11.3. The number of fused-ring (bicyclic) bond motifs is 5. The van der Waals surface area contributed by atoms with E-state index in [2.05, 4.69) is 53.8 Å². The van der Waals surface area contributed by atoms with Gasteiger partial charge in [-0.3, -0.25) is 4.79 Å². The first kappa shape index (κ1) is 30.0. The van der Waals surface area contributed by atoms with Gasteiger partial charge >= 0.3 is 0 Å². The molecule has 5 heteroatoms. The molecule has 222 valence electrons. The highest BCUT2D eigenvalue weighted by Gasteiger charge is 2.61. The molecule has 1 saturated heterocycles. The van der Waals surface area contributed by atoms with Crippen LogP contribution < -0.4 is 0 Å². The van der Waals surface area contributed by atoms with Gasteiger partial charge in [-0.25, -0.2) is 0 Å². The van der Waals surface area contributed by atoms with Crippen LogP contribution in [0.25, 0.3) is 0 Å². The first-order valence-electron chi connectivity index (χ1n) is 16.5. The number of Topliss-reactive ketones (excluding diaryl/α,β-unsaturated/α-hetero) is 1. The van der Waals surface area contributed by atoms with Crippen molar-refractivity contribution in [2.75, 3.05) is 13.2 Å². The molecule has 0 bridgehead atoms. The molecule has 0 amide bonds. The summed E-state index contributed by atoms with van der Waals surface area (Å²) in [4.78, 5) is 13.5. The van der Waals surface area contributed by atoms with Gasteiger partial charge < -0.3 is 13.9 Å². The van der Waals surface area contributed by atoms with Gasteiger partial charge in [0.15, 0.2) is 14.6 Å². The van der Waals surface area contributed by atoms with Gasteiger partial charge in [0, 0.05) is 31.2 Å². The number of ketones is 1. The fourth-order valence-corrected chi connectivity index (χ4v) is 10.6. The zero-order valence-electron chi connectivity index (χ0n) is 26.3. The van der Waals surface area contributed by atoms with Crippen molar-refractivity contribution >= 4 is 14.1 Å². The number of hydrogen-bond acceptors (Lipinski definition) is 4. The first-order valence-corrected chi connectivity index (χ1v) is 19.4. The number of carbonyl (C=O) groups is 1. The van der Waals surface area contributed by atoms with Crippen molar-refractivity contribution in [3.63, 3.8) is 0 Å². The van der Waals surface area contributed by atoms with E-state index in [-0.39, 0.29) is 16.7 Å². The lowest BCUT2D eigenvalue weighted by atomic mass is 9.47. The molecule has 3 saturated carbocycles. The van der Waals surface area contributed by atoms with Crippen LogP contribution in [0.2, 0.25) is 18.1 Å². The summed E-state index contributed by atoms with van der Waals surface area (Å²) in [6.45, 7) is 18.4. The highest BCUT2D eigenvalue weighted by atomic mass is 28.4. The number of allylic oxidation sites excluding steroid dienone is 1. The highest BCUT2D eigenvalue weighted by Crippen LogP contribution is 2.66. The fraction of sp³-hybridized carbons (Fsp3) is 0.912. The molecule has 0 radical (unpaired) electrons. The zero-order chi connectivity index (χ0) is 28.1. The summed E-state index contributed by atoms with van der Waals surface area (Å²) < 4.78 is 18.7. The molecule has 4 nitrogen and oxygen atoms in total. The van der Waals surface area contributed by atoms with E-state index in [4.69, 9.17) is 13.9 Å². The second-order valence-corrected chi connectivity index (χ2v) is 20.7. The van der Waals surface area contributed by atoms with E-state index < -0.39 is 8.32 Å². The summed E-state index contributed by atoms with van der Waals surface area (Å²) in [5, 5.41) is 0.257. The van der Waals surface area contributed by atoms with Gasteiger partial charge in [0.05, 0.1) is 0 Å². The Bertz CT molecular complexity index is 915. The lowest BCUT2D eigenvalue weighted by Crippen LogP contribution is -2.52. The summed E-state index contributed by atoms with van der Waals surface area (Å²) in [5.74, 6) is 3.07. The van der Waals surface area contributed by atoms with E-state index in [1.807, 2.05) is 0 Å². The molecule has 1 heterocycles. The maximum Gasteiger partial charge on any atom is 0.192 e. The Kier molecular flexibility index (Phi) is 8.69. The smallest absolute Gasteiger partial charge is 0.192 e. The quantitative estimate of drug-likeness (QED) is 0.170. The summed E-state index contributed by atoms with van der Waals surface area (Å²) in [6, 6.07) is 0. The molecule has 5 rings (SSSR count). The predicted octanol–water partition coefficient (Wildman–Crippen LogP) is 8.85. The third-order valence-electron chi connectivity index (χ3n) is 12.6. The van der Waals surface area contributed by atoms with Crippen molar-refractivity contribution in [2.45, 2.75) is 149 Å². The van der Waals surface area contributed by atoms with Crippen molar-refractivity contribution in [1.29, 1.82) is 0 Å². The maximum atomic E-state index is 13.5. The number of unbranched alkanes of at least 4 members (excludes halogenated alkanes) is 1. The SMILES string of the molecule is CC(C)(C)[Si](C)(C)O[C@H]1CC[C@@]2(C)C(=CC[C@H]3[C@@H]4[C@H](CCCCOC5CCCCO5)CC(=O)[C@@]4(C)CC[C@@H]32)C1. The molecule has 0 aromatic rings. The van der Waals surface area contributed by atoms with E-state index in [0.717, 1.165) is 51.2 Å². The Labute approximate surface area is 240 Å². The molecule has 4 aliphatic carbocycles. The molecule has 5 aliphatic rings. The molecular formula is C34H58O4Si. The number of carbonyl (C=O) groups excluding carboxylic acids is 1. The van der Waals surface area contributed by atoms with Gasteiger partial charge in [-0.1, -0.05) is 52.7 Å². The molecule has 8 atom stereocenters. The van der Waals surface area contributed by atoms with E-state index >= 15 is 0 Å². The number of hydrogen-bond donors (Lipinski definition) is 0. The van der Waals surface area contributed by atoms with Crippen LogP contribution in [0.3, 0.4) is 0 Å². The van der Waals surface area contributed by atoms with Crippen LogP contribution in [0.4, 0.5) is 0 Å². The summed E-state index contributed by atoms with van der Waals surface area (Å²) >= 11 is 0. The predicted molar refractivity (Wildman–Crippen MR) is 161 cm³/mol. The van der Waals surface area contributed by atoms with Gasteiger partial charge in [-0.2, -0.15) is 0 Å². The van der Waals surface area contributed by atoms with Crippen LogP contribution >= 0.6 is 0 Å². The van der Waals surface area contributed by atoms with Gasteiger partial charge in [-0.05, 0) is 118 Å². The fourth-order valence-electron chi connectivity index (χ4n) is 9.22. The molecule has 1 unspecified atom stereocenters. The van der Waals surface area contributed by atoms with Crippen LogP contribution in [0.5, 0.6) is 0 Å². The molecule has 0 aromatic heterocycles. The summed E-state index contributed by atoms with van der Waals surface area (Å²) in [5.41, 5.74) is 1.88. The molecule has 0 spiro atoms. The van der Waals surface area contributed by atoms with Crippen LogP contribution in [0.1, 0.15) is 118 Å². The Morgan fingerprint density at radius 3 is 2.51 bits per heavy atom. The standard InChI is InChI=1S/C34H58O4Si/c1-32(2,3)39(6,7)38-26-16-18-33(4)25(23-26)14-15-27-28(33)17-19-34(5)29(35)22-24(31(27)34)12-8-10-20-36-30-13-9-11-21-37-30/h14,24,26-28,30-31H,8-13,15-23H2,1-7H3/t24-,26+,27-,28+,30?,31+,33+,34-/m1/s1. The minimum Gasteiger partial charge on any atom is -0.414 e. The topological polar surface area (TPSA) is 44.8 Å². The monoisotopic (exact) mass is 558 g/mol. The first-order chi connectivity index (χ1) is 18.3. The van der Waals surface area contributed by atoms with Gasteiger partial charge in [0.25, 0.3) is 0 Å². The third kappa shape index (κ3) is 5.77. The lowest BCUT2D eigenvalue weighted by Gasteiger charge is -2.58. The second-order valence-electron chi connectivity index (χ2n) is 15.9. The van der Waals surface area contributed by atoms with Crippen molar-refractivity contribution in [2.24, 2.45) is 34.5 Å². The van der Waals surface area contributed by atoms with Crippen LogP contribution in [-0.4, -0.2) is 39.7 Å². The van der Waals surface area contributed by atoms with Gasteiger partial charge in [0.2, 0.25) is 0 Å². The summed E-state index contributed by atoms with van der Waals surface area (Å²) in [6.07, 6.45) is 17.8. The van der Waals surface area contributed by atoms with Crippen LogP contribution in [0.15, 0.2) is 11.6 Å². The number of ether oxygens (including phenoxy) is 2. The van der Waals surface area contributed by atoms with Crippen LogP contribution in [-0.2, 0) is 18.7 Å². The van der Waals surface area contributed by atoms with Crippen molar-refractivity contribution in [1.82, 2.24) is 0 Å². The molecule has 0 aromatic carbocycles. The Morgan fingerprint density at radius 2 is 1.79 bits per heavy atom. The Hall–Kier alpha value is -0.493. The average molecular weight is 559 g/mol. The minimum absolute atomic E-state index is 0.0144. The molecular weight excluding hydrogens is 500 g/mol. The van der Waals surface area contributed by atoms with Gasteiger partial charge in [-0.15, -0.1) is 0 Å². The van der Waals surface area contributed by atoms with E-state index in [1.54, 1.807) is 5.57 Å². The molecule has 4 fully saturated rings. The van der Waals surface area contributed by atoms with Crippen molar-refractivity contribution in [3.05, 3.63) is 11.6 Å². The molecule has 39 heavy (non-hydrogen) atoms. The Balaban J connectivity index is 1.23. The highest BCUT2D eigenvalue weighted by molar-refractivity contribution is 6.74. The molecule has 0 N–H and O–H groups in total. The minimum atomic E-state index is -1.76. The largest absolute Gasteiger partial charge is 0.414 e. The van der Waals surface area contributed by atoms with Crippen molar-refractivity contribution < 1.29 is 18.7 Å². The van der Waals surface area contributed by atoms with E-state index in [9.17, 15) is 4.79 Å². The average Bonchev–Trinajstić information content (AvgIpc) is 3.13. The third-order valence-corrected chi connectivity index (χ3v) is 17.1. The van der Waals surface area contributed by atoms with E-state index in [0.29, 0.717) is 35.1 Å². The van der Waals surface area contributed by atoms with E-state index in [1.165, 1.54) is 51.4 Å².